The van der Waals surface area contributed by atoms with Gasteiger partial charge in [0.2, 0.25) is 0 Å². The Hall–Kier alpha value is 0.207. The van der Waals surface area contributed by atoms with Crippen molar-refractivity contribution in [3.8, 4) is 0 Å². The first-order valence-electron chi connectivity index (χ1n) is 14.9. The molecule has 1 heterocycles. The molecule has 0 amide bonds. The van der Waals surface area contributed by atoms with Gasteiger partial charge in [-0.3, -0.25) is 0 Å². The molecule has 7 heteroatoms. The predicted octanol–water partition coefficient (Wildman–Crippen LogP) is 7.93. The average molecular weight is 708 g/mol. The van der Waals surface area contributed by atoms with Gasteiger partial charge in [-0.1, -0.05) is 0 Å². The molecule has 1 rings (SSSR count). The van der Waals surface area contributed by atoms with Crippen molar-refractivity contribution < 1.29 is 4.39 Å². The van der Waals surface area contributed by atoms with Crippen molar-refractivity contribution in [1.82, 2.24) is 7.77 Å². The van der Waals surface area contributed by atoms with Crippen molar-refractivity contribution in [3.05, 3.63) is 26.7 Å². The van der Waals surface area contributed by atoms with Crippen LogP contribution in [-0.4, -0.2) is 44.8 Å². The molecule has 204 valence electrons. The summed E-state index contributed by atoms with van der Waals surface area (Å²) in [7, 11) is 0. The standard InChI is InChI=1S/C4H2FN2O2.6C4H9.2Sn/c5-2-1-6-4(9)7-3(2)8;6*1-3-4-2;;/h(H2,6,7,8,9);6*1,3-4H2,2H3;;/q;;;;;;;;+1/p-1. The molecule has 0 bridgehead atoms. The molecule has 0 aliphatic rings. The number of unbranched alkanes of at least 4 members (excludes halogenated alkanes) is 6. The van der Waals surface area contributed by atoms with E-state index in [0.717, 1.165) is 104 Å². The van der Waals surface area contributed by atoms with Gasteiger partial charge in [-0.2, -0.15) is 0 Å². The summed E-state index contributed by atoms with van der Waals surface area (Å²) in [6.07, 6.45) is 12.7. The Morgan fingerprint density at radius 1 is 0.629 bits per heavy atom. The van der Waals surface area contributed by atoms with Crippen molar-refractivity contribution in [3.63, 3.8) is 0 Å². The summed E-state index contributed by atoms with van der Waals surface area (Å²) < 4.78 is 24.4. The number of H-pyrrole nitrogens is 1. The van der Waals surface area contributed by atoms with E-state index in [0.29, 0.717) is 3.71 Å². The van der Waals surface area contributed by atoms with Gasteiger partial charge in [-0.15, -0.1) is 0 Å². The van der Waals surface area contributed by atoms with Crippen LogP contribution < -0.4 is 15.0 Å². The van der Waals surface area contributed by atoms with Crippen molar-refractivity contribution in [1.29, 1.82) is 0 Å². The van der Waals surface area contributed by atoms with Gasteiger partial charge in [0.1, 0.15) is 0 Å². The van der Waals surface area contributed by atoms with E-state index in [2.05, 4.69) is 46.5 Å². The third-order valence-corrected chi connectivity index (χ3v) is 38.2. The first kappa shape index (κ1) is 33.2. The number of halogens is 1. The zero-order valence-electron chi connectivity index (χ0n) is 23.9. The molecule has 0 aromatic carbocycles. The van der Waals surface area contributed by atoms with Crippen LogP contribution in [0.1, 0.15) is 119 Å². The molecule has 0 aliphatic heterocycles. The van der Waals surface area contributed by atoms with E-state index in [1.165, 1.54) is 0 Å². The normalized spacial score (nSPS) is 12.4. The fourth-order valence-electron chi connectivity index (χ4n) is 5.83. The van der Waals surface area contributed by atoms with Crippen molar-refractivity contribution >= 4 is 40.7 Å². The van der Waals surface area contributed by atoms with Crippen LogP contribution in [0.3, 0.4) is 0 Å². The topological polar surface area (TPSA) is 54.9 Å². The van der Waals surface area contributed by atoms with Gasteiger partial charge in [0.25, 0.3) is 0 Å². The molecule has 0 atom stereocenters. The number of hydrogen-bond donors (Lipinski definition) is 1. The van der Waals surface area contributed by atoms with Crippen LogP contribution in [0.5, 0.6) is 0 Å². The number of hydrogen-bond acceptors (Lipinski definition) is 2. The summed E-state index contributed by atoms with van der Waals surface area (Å²) in [6, 6.07) is 0. The van der Waals surface area contributed by atoms with Gasteiger partial charge in [-0.05, 0) is 0 Å². The molecule has 35 heavy (non-hydrogen) atoms. The molecule has 1 aromatic heterocycles. The van der Waals surface area contributed by atoms with Crippen LogP contribution in [0.25, 0.3) is 0 Å². The summed E-state index contributed by atoms with van der Waals surface area (Å²) in [6.45, 7) is 13.1. The molecule has 0 saturated carbocycles. The molecule has 0 radical (unpaired) electrons. The van der Waals surface area contributed by atoms with Crippen LogP contribution in [0.4, 0.5) is 4.39 Å². The Morgan fingerprint density at radius 3 is 1.31 bits per heavy atom. The number of aromatic nitrogens is 2. The van der Waals surface area contributed by atoms with Crippen molar-refractivity contribution in [2.75, 3.05) is 0 Å². The van der Waals surface area contributed by atoms with Crippen LogP contribution in [0, 0.1) is 5.82 Å². The molecule has 0 unspecified atom stereocenters. The minimum absolute atomic E-state index is 0.254. The Bertz CT molecular complexity index is 794. The Balaban J connectivity index is 3.82. The third-order valence-electron chi connectivity index (χ3n) is 8.06. The Morgan fingerprint density at radius 2 is 0.971 bits per heavy atom. The molecule has 0 spiro atoms. The molecule has 1 N–H and O–H groups in total. The predicted molar refractivity (Wildman–Crippen MR) is 156 cm³/mol. The molecule has 0 aliphatic carbocycles. The fourth-order valence-corrected chi connectivity index (χ4v) is 37.3. The van der Waals surface area contributed by atoms with Gasteiger partial charge in [0.05, 0.1) is 0 Å². The van der Waals surface area contributed by atoms with Crippen molar-refractivity contribution in [2.45, 2.75) is 145 Å². The third kappa shape index (κ3) is 9.17. The van der Waals surface area contributed by atoms with Gasteiger partial charge < -0.3 is 0 Å². The van der Waals surface area contributed by atoms with Gasteiger partial charge in [-0.25, -0.2) is 0 Å². The Kier molecular flexibility index (Phi) is 16.8. The van der Waals surface area contributed by atoms with Crippen LogP contribution in [0.2, 0.25) is 26.6 Å². The maximum absolute atomic E-state index is 16.3. The molecular weight excluding hydrogens is 653 g/mol. The molecule has 0 fully saturated rings. The van der Waals surface area contributed by atoms with Gasteiger partial charge in [0.15, 0.2) is 0 Å². The summed E-state index contributed by atoms with van der Waals surface area (Å²) in [5.41, 5.74) is -0.801. The summed E-state index contributed by atoms with van der Waals surface area (Å²) in [5, 5.41) is 0. The number of rotatable bonds is 20. The summed E-state index contributed by atoms with van der Waals surface area (Å²) >= 11 is -6.72. The number of nitrogens with one attached hydrogen (secondary N) is 1. The Labute approximate surface area is 223 Å². The molecule has 4 nitrogen and oxygen atoms in total. The van der Waals surface area contributed by atoms with E-state index in [-0.39, 0.29) is 5.69 Å². The van der Waals surface area contributed by atoms with E-state index in [4.69, 9.17) is 0 Å². The van der Waals surface area contributed by atoms with E-state index in [1.807, 2.05) is 0 Å². The van der Waals surface area contributed by atoms with Crippen molar-refractivity contribution in [2.24, 2.45) is 0 Å². The average Bonchev–Trinajstić information content (AvgIpc) is 2.86. The van der Waals surface area contributed by atoms with Gasteiger partial charge >= 0.3 is 225 Å². The van der Waals surface area contributed by atoms with Crippen LogP contribution in [-0.2, 0) is 0 Å². The summed E-state index contributed by atoms with van der Waals surface area (Å²) in [4.78, 5) is 30.9. The minimum atomic E-state index is -3.44. The molecular formula is C28H55FN2O2Sn2. The molecule has 0 saturated heterocycles. The maximum atomic E-state index is 16.3. The fraction of sp³-hybridized carbons (Fsp3) is 0.857. The first-order chi connectivity index (χ1) is 16.8. The van der Waals surface area contributed by atoms with E-state index < -0.39 is 48.4 Å². The molecule has 1 aromatic rings. The zero-order valence-corrected chi connectivity index (χ0v) is 29.6. The zero-order chi connectivity index (χ0) is 26.3. The number of nitrogens with zero attached hydrogens (tertiary/aromatic N) is 1. The van der Waals surface area contributed by atoms with Crippen LogP contribution >= 0.6 is 0 Å². The van der Waals surface area contributed by atoms with Crippen LogP contribution in [0.15, 0.2) is 9.59 Å². The second-order valence-corrected chi connectivity index (χ2v) is 36.4. The SMILES string of the molecule is CCC[CH2][Sn]([CH2]CCC)([CH2]CCC)[c]1[nH]c(=O)[n]([Sn]([CH2]CCC)([CH2]CCC)[CH2]CCC)c(=O)c1F. The van der Waals surface area contributed by atoms with Gasteiger partial charge in [0, 0.05) is 0 Å². The number of aromatic amines is 1. The monoisotopic (exact) mass is 710 g/mol. The first-order valence-corrected chi connectivity index (χ1v) is 29.7. The van der Waals surface area contributed by atoms with E-state index in [9.17, 15) is 9.59 Å². The van der Waals surface area contributed by atoms with E-state index in [1.54, 1.807) is 2.79 Å². The van der Waals surface area contributed by atoms with E-state index >= 15 is 4.39 Å². The summed E-state index contributed by atoms with van der Waals surface area (Å²) in [5.74, 6) is -0.561. The second-order valence-electron chi connectivity index (χ2n) is 10.9. The second kappa shape index (κ2) is 17.7. The quantitative estimate of drug-likeness (QED) is 0.140.